The molecule has 0 aromatic rings. The molecule has 1 heterocycles. The lowest BCUT2D eigenvalue weighted by molar-refractivity contribution is -0.146. The number of amides is 1. The zero-order valence-corrected chi connectivity index (χ0v) is 13.5. The number of hydrogen-bond donors (Lipinski definition) is 1. The van der Waals surface area contributed by atoms with E-state index in [0.29, 0.717) is 0 Å². The fraction of sp³-hybridized carbons (Fsp3) is 0.846. The highest BCUT2D eigenvalue weighted by Gasteiger charge is 2.48. The molecule has 1 saturated heterocycles. The third-order valence-electron chi connectivity index (χ3n) is 4.19. The van der Waals surface area contributed by atoms with E-state index in [4.69, 9.17) is 4.43 Å². The van der Waals surface area contributed by atoms with E-state index < -0.39 is 8.32 Å². The van der Waals surface area contributed by atoms with Crippen LogP contribution in [0.1, 0.15) is 34.6 Å². The molecule has 1 rings (SSSR count). The Hall–Kier alpha value is -0.683. The number of hydrogen-bond acceptors (Lipinski definition) is 3. The molecule has 1 unspecified atom stereocenters. The molecule has 1 aliphatic rings. The molecule has 104 valence electrons. The van der Waals surface area contributed by atoms with Crippen molar-refractivity contribution in [1.82, 2.24) is 5.32 Å². The Labute approximate surface area is 111 Å². The van der Waals surface area contributed by atoms with Crippen molar-refractivity contribution in [2.45, 2.75) is 64.9 Å². The van der Waals surface area contributed by atoms with Crippen LogP contribution in [0.3, 0.4) is 0 Å². The van der Waals surface area contributed by atoms with Gasteiger partial charge in [0.25, 0.3) is 0 Å². The van der Waals surface area contributed by atoms with Gasteiger partial charge in [-0.05, 0) is 32.0 Å². The van der Waals surface area contributed by atoms with E-state index in [1.54, 1.807) is 0 Å². The molecule has 0 spiro atoms. The number of β-lactam (4-membered cyclic amide) rings is 1. The van der Waals surface area contributed by atoms with Crippen molar-refractivity contribution in [1.29, 1.82) is 0 Å². The number of carbonyl (C=O) groups excluding carboxylic acids is 2. The Balaban J connectivity index is 2.74. The predicted molar refractivity (Wildman–Crippen MR) is 73.8 cm³/mol. The fourth-order valence-corrected chi connectivity index (χ4v) is 3.38. The van der Waals surface area contributed by atoms with Gasteiger partial charge < -0.3 is 9.74 Å². The summed E-state index contributed by atoms with van der Waals surface area (Å²) >= 11 is 0. The maximum atomic E-state index is 11.6. The van der Waals surface area contributed by atoms with Gasteiger partial charge in [-0.1, -0.05) is 20.8 Å². The average Bonchev–Trinajstić information content (AvgIpc) is 2.10. The monoisotopic (exact) mass is 271 g/mol. The Morgan fingerprint density at radius 1 is 1.39 bits per heavy atom. The highest BCUT2D eigenvalue weighted by molar-refractivity contribution is 6.74. The van der Waals surface area contributed by atoms with Crippen molar-refractivity contribution in [3.8, 4) is 0 Å². The molecule has 0 bridgehead atoms. The van der Waals surface area contributed by atoms with Crippen molar-refractivity contribution in [2.75, 3.05) is 0 Å². The van der Waals surface area contributed by atoms with E-state index in [0.717, 1.165) is 0 Å². The maximum Gasteiger partial charge on any atom is 0.228 e. The summed E-state index contributed by atoms with van der Waals surface area (Å²) in [5, 5.41) is 2.75. The Kier molecular flexibility index (Phi) is 4.08. The van der Waals surface area contributed by atoms with Gasteiger partial charge in [0.15, 0.2) is 14.1 Å². The van der Waals surface area contributed by atoms with Gasteiger partial charge in [-0.3, -0.25) is 9.59 Å². The first-order valence-corrected chi connectivity index (χ1v) is 9.37. The number of rotatable bonds is 4. The topological polar surface area (TPSA) is 55.4 Å². The fourth-order valence-electron chi connectivity index (χ4n) is 1.95. The van der Waals surface area contributed by atoms with Gasteiger partial charge in [0.05, 0.1) is 12.0 Å². The minimum Gasteiger partial charge on any atom is -0.413 e. The summed E-state index contributed by atoms with van der Waals surface area (Å²) < 4.78 is 6.18. The summed E-state index contributed by atoms with van der Waals surface area (Å²) in [5.41, 5.74) is 0. The van der Waals surface area contributed by atoms with Gasteiger partial charge in [0.1, 0.15) is 6.04 Å². The molecular formula is C13H25NO3Si. The lowest BCUT2D eigenvalue weighted by atomic mass is 9.84. The smallest absolute Gasteiger partial charge is 0.228 e. The summed E-state index contributed by atoms with van der Waals surface area (Å²) in [4.78, 5) is 23.0. The molecule has 5 heteroatoms. The second-order valence-electron chi connectivity index (χ2n) is 6.71. The molecule has 18 heavy (non-hydrogen) atoms. The number of carbonyl (C=O) groups is 2. The zero-order chi connectivity index (χ0) is 14.3. The summed E-state index contributed by atoms with van der Waals surface area (Å²) in [6.07, 6.45) is -0.200. The first kappa shape index (κ1) is 15.4. The Morgan fingerprint density at radius 2 is 1.89 bits per heavy atom. The van der Waals surface area contributed by atoms with E-state index in [-0.39, 0.29) is 34.8 Å². The number of ketones is 1. The van der Waals surface area contributed by atoms with Crippen molar-refractivity contribution < 1.29 is 14.0 Å². The molecule has 4 nitrogen and oxygen atoms in total. The highest BCUT2D eigenvalue weighted by atomic mass is 28.4. The van der Waals surface area contributed by atoms with Crippen LogP contribution in [0, 0.1) is 5.92 Å². The summed E-state index contributed by atoms with van der Waals surface area (Å²) in [6, 6.07) is -0.364. The molecule has 1 fully saturated rings. The Morgan fingerprint density at radius 3 is 2.22 bits per heavy atom. The Bertz CT molecular complexity index is 360. The first-order chi connectivity index (χ1) is 7.97. The van der Waals surface area contributed by atoms with Crippen LogP contribution in [0.2, 0.25) is 18.1 Å². The molecule has 3 atom stereocenters. The molecular weight excluding hydrogens is 246 g/mol. The van der Waals surface area contributed by atoms with Crippen molar-refractivity contribution >= 4 is 20.0 Å². The van der Waals surface area contributed by atoms with Crippen LogP contribution in [0.5, 0.6) is 0 Å². The van der Waals surface area contributed by atoms with E-state index in [1.807, 2.05) is 6.92 Å². The molecule has 1 aliphatic heterocycles. The quantitative estimate of drug-likeness (QED) is 0.629. The average molecular weight is 271 g/mol. The van der Waals surface area contributed by atoms with Crippen LogP contribution in [0.4, 0.5) is 0 Å². The van der Waals surface area contributed by atoms with Gasteiger partial charge in [-0.25, -0.2) is 0 Å². The van der Waals surface area contributed by atoms with Gasteiger partial charge in [-0.15, -0.1) is 0 Å². The molecule has 0 saturated carbocycles. The lowest BCUT2D eigenvalue weighted by Crippen LogP contribution is -2.66. The van der Waals surface area contributed by atoms with E-state index in [9.17, 15) is 9.59 Å². The standard InChI is InChI=1S/C13H25NO3Si/c1-8(15)11-10(12(16)14-11)9(2)17-18(6,7)13(3,4)5/h9-11H,1-7H3,(H,14,16)/t9?,10-,11+/m1/s1. The second kappa shape index (κ2) is 4.77. The van der Waals surface area contributed by atoms with Crippen LogP contribution in [0.25, 0.3) is 0 Å². The summed E-state index contributed by atoms with van der Waals surface area (Å²) in [5.74, 6) is -0.386. The lowest BCUT2D eigenvalue weighted by Gasteiger charge is -2.44. The first-order valence-electron chi connectivity index (χ1n) is 6.46. The van der Waals surface area contributed by atoms with E-state index in [2.05, 4.69) is 39.2 Å². The molecule has 1 amide bonds. The van der Waals surface area contributed by atoms with E-state index >= 15 is 0 Å². The second-order valence-corrected chi connectivity index (χ2v) is 11.5. The van der Waals surface area contributed by atoms with Crippen LogP contribution < -0.4 is 5.32 Å². The molecule has 0 radical (unpaired) electrons. The van der Waals surface area contributed by atoms with Crippen molar-refractivity contribution in [3.05, 3.63) is 0 Å². The van der Waals surface area contributed by atoms with Crippen LogP contribution in [-0.2, 0) is 14.0 Å². The van der Waals surface area contributed by atoms with Crippen LogP contribution >= 0.6 is 0 Å². The minimum atomic E-state index is -1.90. The zero-order valence-electron chi connectivity index (χ0n) is 12.5. The normalized spacial score (nSPS) is 26.3. The molecule has 0 aromatic heterocycles. The third kappa shape index (κ3) is 2.83. The molecule has 0 aliphatic carbocycles. The van der Waals surface area contributed by atoms with Crippen LogP contribution in [-0.4, -0.2) is 32.2 Å². The minimum absolute atomic E-state index is 0.00489. The van der Waals surface area contributed by atoms with Gasteiger partial charge in [0, 0.05) is 0 Å². The van der Waals surface area contributed by atoms with Crippen LogP contribution in [0.15, 0.2) is 0 Å². The summed E-state index contributed by atoms with van der Waals surface area (Å²) in [6.45, 7) is 14.2. The third-order valence-corrected chi connectivity index (χ3v) is 8.76. The van der Waals surface area contributed by atoms with Gasteiger partial charge >= 0.3 is 0 Å². The van der Waals surface area contributed by atoms with Crippen molar-refractivity contribution in [2.24, 2.45) is 5.92 Å². The summed E-state index contributed by atoms with van der Waals surface area (Å²) in [7, 11) is -1.90. The molecule has 1 N–H and O–H groups in total. The molecule has 0 aromatic carbocycles. The van der Waals surface area contributed by atoms with Crippen molar-refractivity contribution in [3.63, 3.8) is 0 Å². The number of Topliss-reactive ketones (excluding diaryl/α,β-unsaturated/α-hetero) is 1. The van der Waals surface area contributed by atoms with E-state index in [1.165, 1.54) is 6.92 Å². The van der Waals surface area contributed by atoms with Gasteiger partial charge in [-0.2, -0.15) is 0 Å². The largest absolute Gasteiger partial charge is 0.413 e. The highest BCUT2D eigenvalue weighted by Crippen LogP contribution is 2.38. The number of nitrogens with one attached hydrogen (secondary N) is 1. The van der Waals surface area contributed by atoms with Gasteiger partial charge in [0.2, 0.25) is 5.91 Å². The predicted octanol–water partition coefficient (Wildman–Crippen LogP) is 2.10. The SMILES string of the molecule is CC(=O)[C@@H]1NC(=O)[C@@H]1C(C)O[Si](C)(C)C(C)(C)C. The maximum absolute atomic E-state index is 11.6.